The van der Waals surface area contributed by atoms with E-state index in [9.17, 15) is 9.59 Å². The minimum absolute atomic E-state index is 0.0185. The van der Waals surface area contributed by atoms with Gasteiger partial charge in [0.2, 0.25) is 11.8 Å². The predicted molar refractivity (Wildman–Crippen MR) is 110 cm³/mol. The Morgan fingerprint density at radius 3 is 2.52 bits per heavy atom. The maximum atomic E-state index is 12.6. The largest absolute Gasteiger partial charge is 0.352 e. The van der Waals surface area contributed by atoms with E-state index in [1.54, 1.807) is 4.90 Å². The van der Waals surface area contributed by atoms with E-state index in [-0.39, 0.29) is 24.2 Å². The summed E-state index contributed by atoms with van der Waals surface area (Å²) in [6.07, 6.45) is 0.243. The summed E-state index contributed by atoms with van der Waals surface area (Å²) in [7, 11) is 4.05. The van der Waals surface area contributed by atoms with Crippen LogP contribution in [0, 0.1) is 5.92 Å². The predicted octanol–water partition coefficient (Wildman–Crippen LogP) is 3.18. The summed E-state index contributed by atoms with van der Waals surface area (Å²) < 4.78 is 0.858. The summed E-state index contributed by atoms with van der Waals surface area (Å²) in [5.41, 5.74) is 3.11. The van der Waals surface area contributed by atoms with Gasteiger partial charge >= 0.3 is 0 Å². The van der Waals surface area contributed by atoms with E-state index < -0.39 is 0 Å². The van der Waals surface area contributed by atoms with Gasteiger partial charge in [0.05, 0.1) is 11.6 Å². The van der Waals surface area contributed by atoms with Gasteiger partial charge in [-0.25, -0.2) is 0 Å². The molecule has 1 fully saturated rings. The summed E-state index contributed by atoms with van der Waals surface area (Å²) in [4.78, 5) is 28.9. The van der Waals surface area contributed by atoms with Crippen molar-refractivity contribution in [2.45, 2.75) is 19.5 Å². The molecule has 2 amide bonds. The van der Waals surface area contributed by atoms with Gasteiger partial charge in [0.25, 0.3) is 0 Å². The van der Waals surface area contributed by atoms with E-state index in [1.165, 1.54) is 5.56 Å². The molecule has 142 valence electrons. The highest BCUT2D eigenvalue weighted by Gasteiger charge is 2.35. The molecule has 1 aliphatic rings. The zero-order valence-corrected chi connectivity index (χ0v) is 17.2. The lowest BCUT2D eigenvalue weighted by Crippen LogP contribution is -2.33. The lowest BCUT2D eigenvalue weighted by atomic mass is 10.1. The Hall–Kier alpha value is -2.18. The number of nitrogens with zero attached hydrogens (tertiary/aromatic N) is 2. The van der Waals surface area contributed by atoms with Crippen molar-refractivity contribution in [1.29, 1.82) is 0 Å². The van der Waals surface area contributed by atoms with Crippen LogP contribution < -0.4 is 10.2 Å². The first kappa shape index (κ1) is 19.6. The minimum Gasteiger partial charge on any atom is -0.352 e. The van der Waals surface area contributed by atoms with Crippen molar-refractivity contribution in [3.63, 3.8) is 0 Å². The molecule has 1 aliphatic heterocycles. The average Bonchev–Trinajstić information content (AvgIpc) is 3.02. The van der Waals surface area contributed by atoms with Crippen molar-refractivity contribution in [3.8, 4) is 0 Å². The van der Waals surface area contributed by atoms with Crippen molar-refractivity contribution < 1.29 is 9.59 Å². The molecule has 0 unspecified atom stereocenters. The van der Waals surface area contributed by atoms with Crippen molar-refractivity contribution in [1.82, 2.24) is 10.2 Å². The smallest absolute Gasteiger partial charge is 0.227 e. The fraction of sp³-hybridized carbons (Fsp3) is 0.333. The molecule has 0 saturated carbocycles. The minimum atomic E-state index is -0.328. The second kappa shape index (κ2) is 8.67. The van der Waals surface area contributed by atoms with Crippen LogP contribution >= 0.6 is 15.9 Å². The van der Waals surface area contributed by atoms with Gasteiger partial charge in [0.15, 0.2) is 0 Å². The molecule has 1 heterocycles. The fourth-order valence-electron chi connectivity index (χ4n) is 3.34. The molecule has 6 heteroatoms. The number of carbonyl (C=O) groups is 2. The number of benzene rings is 2. The molecule has 1 saturated heterocycles. The van der Waals surface area contributed by atoms with Gasteiger partial charge < -0.3 is 15.1 Å². The molecule has 27 heavy (non-hydrogen) atoms. The Morgan fingerprint density at radius 1 is 1.15 bits per heavy atom. The lowest BCUT2D eigenvalue weighted by Gasteiger charge is -2.18. The SMILES string of the molecule is CN(C)Cc1ccccc1CNC(=O)[C@@H]1CC(=O)N(c2ccccc2Br)C1. The first-order chi connectivity index (χ1) is 13.0. The molecule has 2 aromatic carbocycles. The number of para-hydroxylation sites is 1. The Balaban J connectivity index is 1.63. The number of hydrogen-bond donors (Lipinski definition) is 1. The van der Waals surface area contributed by atoms with Crippen LogP contribution in [0.4, 0.5) is 5.69 Å². The molecule has 0 aromatic heterocycles. The van der Waals surface area contributed by atoms with Gasteiger partial charge in [-0.05, 0) is 53.3 Å². The van der Waals surface area contributed by atoms with Crippen LogP contribution in [-0.4, -0.2) is 37.4 Å². The highest BCUT2D eigenvalue weighted by atomic mass is 79.9. The number of amides is 2. The zero-order valence-electron chi connectivity index (χ0n) is 15.6. The Bertz CT molecular complexity index is 838. The van der Waals surface area contributed by atoms with Crippen molar-refractivity contribution in [2.75, 3.05) is 25.5 Å². The highest BCUT2D eigenvalue weighted by Crippen LogP contribution is 2.31. The van der Waals surface area contributed by atoms with E-state index in [0.29, 0.717) is 13.1 Å². The quantitative estimate of drug-likeness (QED) is 0.766. The number of carbonyl (C=O) groups excluding carboxylic acids is 2. The number of nitrogens with one attached hydrogen (secondary N) is 1. The van der Waals surface area contributed by atoms with E-state index in [0.717, 1.165) is 22.3 Å². The van der Waals surface area contributed by atoms with Gasteiger partial charge in [-0.2, -0.15) is 0 Å². The van der Waals surface area contributed by atoms with Crippen molar-refractivity contribution >= 4 is 33.4 Å². The van der Waals surface area contributed by atoms with Crippen LogP contribution in [0.15, 0.2) is 53.0 Å². The maximum absolute atomic E-state index is 12.6. The molecule has 0 radical (unpaired) electrons. The highest BCUT2D eigenvalue weighted by molar-refractivity contribution is 9.10. The second-order valence-electron chi connectivity index (χ2n) is 7.08. The molecular formula is C21H24BrN3O2. The summed E-state index contributed by atoms with van der Waals surface area (Å²) in [5, 5.41) is 3.01. The molecule has 0 spiro atoms. The van der Waals surface area contributed by atoms with Gasteiger partial charge in [0, 0.05) is 30.5 Å². The third kappa shape index (κ3) is 4.76. The monoisotopic (exact) mass is 429 g/mol. The van der Waals surface area contributed by atoms with Crippen molar-refractivity contribution in [3.05, 3.63) is 64.1 Å². The standard InChI is InChI=1S/C21H24BrN3O2/c1-24(2)13-16-8-4-3-7-15(16)12-23-21(27)17-11-20(26)25(14-17)19-10-6-5-9-18(19)22/h3-10,17H,11-14H2,1-2H3,(H,23,27)/t17-/m1/s1. The van der Waals surface area contributed by atoms with Gasteiger partial charge in [-0.3, -0.25) is 9.59 Å². The molecule has 3 rings (SSSR count). The second-order valence-corrected chi connectivity index (χ2v) is 7.94. The molecule has 1 atom stereocenters. The number of hydrogen-bond acceptors (Lipinski definition) is 3. The van der Waals surface area contributed by atoms with E-state index in [4.69, 9.17) is 0 Å². The van der Waals surface area contributed by atoms with E-state index >= 15 is 0 Å². The van der Waals surface area contributed by atoms with Gasteiger partial charge in [-0.15, -0.1) is 0 Å². The Kier molecular flexibility index (Phi) is 6.29. The summed E-state index contributed by atoms with van der Waals surface area (Å²) >= 11 is 3.48. The van der Waals surface area contributed by atoms with Crippen LogP contribution in [0.2, 0.25) is 0 Å². The number of anilines is 1. The summed E-state index contributed by atoms with van der Waals surface area (Å²) in [5.74, 6) is -0.418. The maximum Gasteiger partial charge on any atom is 0.227 e. The molecule has 2 aromatic rings. The third-order valence-corrected chi connectivity index (χ3v) is 5.37. The fourth-order valence-corrected chi connectivity index (χ4v) is 3.84. The van der Waals surface area contributed by atoms with Crippen LogP contribution in [0.5, 0.6) is 0 Å². The first-order valence-electron chi connectivity index (χ1n) is 9.00. The van der Waals surface area contributed by atoms with Crippen molar-refractivity contribution in [2.24, 2.45) is 5.92 Å². The van der Waals surface area contributed by atoms with Crippen LogP contribution in [0.3, 0.4) is 0 Å². The van der Waals surface area contributed by atoms with E-state index in [1.807, 2.05) is 56.6 Å². The van der Waals surface area contributed by atoms with Crippen LogP contribution in [0.1, 0.15) is 17.5 Å². The van der Waals surface area contributed by atoms with Gasteiger partial charge in [0.1, 0.15) is 0 Å². The Labute approximate surface area is 168 Å². The lowest BCUT2D eigenvalue weighted by molar-refractivity contribution is -0.126. The molecule has 0 aliphatic carbocycles. The Morgan fingerprint density at radius 2 is 1.81 bits per heavy atom. The molecule has 5 nitrogen and oxygen atoms in total. The molecular weight excluding hydrogens is 406 g/mol. The normalized spacial score (nSPS) is 16.8. The zero-order chi connectivity index (χ0) is 19.4. The van der Waals surface area contributed by atoms with Crippen LogP contribution in [-0.2, 0) is 22.7 Å². The third-order valence-electron chi connectivity index (χ3n) is 4.70. The summed E-state index contributed by atoms with van der Waals surface area (Å²) in [6, 6.07) is 15.7. The first-order valence-corrected chi connectivity index (χ1v) is 9.79. The summed E-state index contributed by atoms with van der Waals surface area (Å²) in [6.45, 7) is 1.71. The topological polar surface area (TPSA) is 52.7 Å². The van der Waals surface area contributed by atoms with Crippen LogP contribution in [0.25, 0.3) is 0 Å². The average molecular weight is 430 g/mol. The number of halogens is 1. The number of rotatable bonds is 6. The van der Waals surface area contributed by atoms with Gasteiger partial charge in [-0.1, -0.05) is 36.4 Å². The molecule has 1 N–H and O–H groups in total. The van der Waals surface area contributed by atoms with E-state index in [2.05, 4.69) is 32.2 Å². The molecule has 0 bridgehead atoms.